The molecule has 0 amide bonds. The second-order valence-electron chi connectivity index (χ2n) is 21.7. The monoisotopic (exact) mass is 1010 g/mol. The number of aliphatic hydroxyl groups is 5. The molecule has 0 aromatic carbocycles. The number of likely N-dealkylation sites (N-methyl/N-ethyl adjacent to an activating group) is 2. The minimum atomic E-state index is -1.84. The van der Waals surface area contributed by atoms with Crippen molar-refractivity contribution in [1.29, 1.82) is 0 Å². The van der Waals surface area contributed by atoms with Gasteiger partial charge in [0.2, 0.25) is 5.95 Å². The van der Waals surface area contributed by atoms with Gasteiger partial charge in [0.25, 0.3) is 0 Å². The van der Waals surface area contributed by atoms with Crippen LogP contribution in [0.15, 0.2) is 29.7 Å². The van der Waals surface area contributed by atoms with Crippen molar-refractivity contribution in [1.82, 2.24) is 29.8 Å². The standard InChI is InChI=1S/C50H82FN7O13/c1-14-38-50(10,64)43(60)31(6)57(12)24-27(2)21-48(8,63)45(29(4)42(30(5)46(62)68-38)69-40-22-49(9,65-13)44(61)32(7)67-40)70-47-41(59)37(19-28(3)66-47)56(11)18-17-34-25-58(55-53-34)26-35-20-36(54-71-35)33-15-16-39(51)52-23-33/h15-16,23,25,27-32,35,37-38,40-45,47,59-61,63-64H,14,17-22,24,26H2,1-13H3/t27-,28-,29+,30-,31-,32+,35-,37+,38-,40+,41-,42+,43-,44+,45-,47+,48-,49-,50-/m1/s1. The maximum absolute atomic E-state index is 14.5. The van der Waals surface area contributed by atoms with Crippen LogP contribution in [0.3, 0.4) is 0 Å². The van der Waals surface area contributed by atoms with E-state index in [1.165, 1.54) is 26.3 Å². The van der Waals surface area contributed by atoms with E-state index in [1.807, 2.05) is 50.9 Å². The number of nitrogens with zero attached hydrogens (tertiary/aromatic N) is 7. The molecule has 0 spiro atoms. The summed E-state index contributed by atoms with van der Waals surface area (Å²) in [5, 5.41) is 72.5. The highest BCUT2D eigenvalue weighted by Crippen LogP contribution is 2.40. The number of carbonyl (C=O) groups is 1. The van der Waals surface area contributed by atoms with Crippen molar-refractivity contribution >= 4 is 11.7 Å². The molecule has 5 N–H and O–H groups in total. The molecule has 19 atom stereocenters. The number of rotatable bonds is 13. The van der Waals surface area contributed by atoms with E-state index in [2.05, 4.69) is 20.5 Å². The molecule has 21 heteroatoms. The number of esters is 1. The zero-order valence-corrected chi connectivity index (χ0v) is 43.9. The quantitative estimate of drug-likeness (QED) is 0.143. The third-order valence-corrected chi connectivity index (χ3v) is 15.6. The summed E-state index contributed by atoms with van der Waals surface area (Å²) in [6.07, 6.45) is -5.22. The van der Waals surface area contributed by atoms with Crippen LogP contribution < -0.4 is 0 Å². The summed E-state index contributed by atoms with van der Waals surface area (Å²) in [5.41, 5.74) is -2.46. The SMILES string of the molecule is CC[C@H]1OC(=O)[C@H](C)[C@@H](O[C@H]2C[C@@](C)(OC)[C@@H](O)[C@H](C)O2)[C@H](C)[C@@H](O[C@@H]2O[C@H](C)C[C@H](N(C)CCc3cn(C[C@H]4CC(c5ccc(F)nc5)=NO4)nn3)[C@H]2O)[C@](C)(O)C[C@@H](C)CN(C)[C@H](C)[C@@H](O)[C@]1(C)O. The molecule has 0 radical (unpaired) electrons. The number of cyclic esters (lactones) is 1. The second kappa shape index (κ2) is 23.5. The molecule has 0 saturated carbocycles. The number of hydrogen-bond acceptors (Lipinski definition) is 19. The Bertz CT molecular complexity index is 2070. The third-order valence-electron chi connectivity index (χ3n) is 15.6. The number of hydrogen-bond donors (Lipinski definition) is 5. The number of aliphatic hydroxyl groups excluding tert-OH is 3. The third kappa shape index (κ3) is 13.3. The van der Waals surface area contributed by atoms with Crippen LogP contribution >= 0.6 is 0 Å². The molecule has 3 saturated heterocycles. The van der Waals surface area contributed by atoms with E-state index in [1.54, 1.807) is 52.3 Å². The van der Waals surface area contributed by atoms with E-state index in [4.69, 9.17) is 33.3 Å². The molecular weight excluding hydrogens is 926 g/mol. The Morgan fingerprint density at radius 2 is 1.72 bits per heavy atom. The molecule has 4 aliphatic rings. The molecule has 71 heavy (non-hydrogen) atoms. The molecule has 0 aliphatic carbocycles. The van der Waals surface area contributed by atoms with E-state index in [-0.39, 0.29) is 37.4 Å². The van der Waals surface area contributed by atoms with E-state index >= 15 is 0 Å². The fourth-order valence-corrected chi connectivity index (χ4v) is 11.1. The fourth-order valence-electron chi connectivity index (χ4n) is 11.1. The van der Waals surface area contributed by atoms with Gasteiger partial charge >= 0.3 is 5.97 Å². The summed E-state index contributed by atoms with van der Waals surface area (Å²) in [5.74, 6) is -3.39. The first-order valence-corrected chi connectivity index (χ1v) is 25.3. The van der Waals surface area contributed by atoms with E-state index in [0.717, 1.165) is 5.69 Å². The molecule has 0 unspecified atom stereocenters. The lowest BCUT2D eigenvalue weighted by Crippen LogP contribution is -2.61. The minimum Gasteiger partial charge on any atom is -0.459 e. The molecule has 6 heterocycles. The summed E-state index contributed by atoms with van der Waals surface area (Å²) in [6, 6.07) is 1.87. The van der Waals surface area contributed by atoms with Gasteiger partial charge in [0.1, 0.15) is 30.0 Å². The largest absolute Gasteiger partial charge is 0.459 e. The van der Waals surface area contributed by atoms with Crippen LogP contribution in [-0.4, -0.2) is 198 Å². The van der Waals surface area contributed by atoms with Gasteiger partial charge in [-0.1, -0.05) is 31.1 Å². The van der Waals surface area contributed by atoms with Crippen molar-refractivity contribution in [3.05, 3.63) is 41.7 Å². The minimum absolute atomic E-state index is 0.0929. The zero-order valence-electron chi connectivity index (χ0n) is 43.9. The number of aromatic nitrogens is 4. The van der Waals surface area contributed by atoms with Crippen LogP contribution in [0.25, 0.3) is 0 Å². The van der Waals surface area contributed by atoms with Crippen LogP contribution in [0, 0.1) is 23.7 Å². The van der Waals surface area contributed by atoms with Crippen LogP contribution in [0.5, 0.6) is 0 Å². The Labute approximate surface area is 418 Å². The zero-order chi connectivity index (χ0) is 52.3. The molecule has 3 fully saturated rings. The number of ether oxygens (including phenoxy) is 6. The predicted molar refractivity (Wildman–Crippen MR) is 257 cm³/mol. The fraction of sp³-hybridized carbons (Fsp3) is 0.820. The first-order valence-electron chi connectivity index (χ1n) is 25.3. The number of pyridine rings is 1. The van der Waals surface area contributed by atoms with Crippen molar-refractivity contribution in [3.8, 4) is 0 Å². The second-order valence-corrected chi connectivity index (χ2v) is 21.7. The molecule has 4 aliphatic heterocycles. The highest BCUT2D eigenvalue weighted by Gasteiger charge is 2.53. The number of oxime groups is 1. The maximum atomic E-state index is 14.5. The lowest BCUT2D eigenvalue weighted by Gasteiger charge is -2.49. The van der Waals surface area contributed by atoms with Crippen LogP contribution in [0.4, 0.5) is 4.39 Å². The van der Waals surface area contributed by atoms with Gasteiger partial charge in [-0.25, -0.2) is 9.67 Å². The lowest BCUT2D eigenvalue weighted by atomic mass is 9.77. The Morgan fingerprint density at radius 1 is 1.00 bits per heavy atom. The molecule has 2 aromatic rings. The summed E-state index contributed by atoms with van der Waals surface area (Å²) in [6.45, 7) is 18.8. The Morgan fingerprint density at radius 3 is 2.38 bits per heavy atom. The smallest absolute Gasteiger partial charge is 0.311 e. The molecular formula is C50H82FN7O13. The average Bonchev–Trinajstić information content (AvgIpc) is 3.99. The van der Waals surface area contributed by atoms with Gasteiger partial charge in [0.15, 0.2) is 18.7 Å². The topological polar surface area (TPSA) is 245 Å². The van der Waals surface area contributed by atoms with Crippen molar-refractivity contribution in [2.75, 3.05) is 34.3 Å². The van der Waals surface area contributed by atoms with Gasteiger partial charge in [-0.2, -0.15) is 4.39 Å². The highest BCUT2D eigenvalue weighted by atomic mass is 19.1. The Hall–Kier alpha value is -3.32. The summed E-state index contributed by atoms with van der Waals surface area (Å²) >= 11 is 0. The van der Waals surface area contributed by atoms with E-state index in [0.29, 0.717) is 50.2 Å². The van der Waals surface area contributed by atoms with Gasteiger partial charge in [-0.05, 0) is 99.9 Å². The molecule has 20 nitrogen and oxygen atoms in total. The lowest BCUT2D eigenvalue weighted by molar-refractivity contribution is -0.318. The molecule has 6 rings (SSSR count). The van der Waals surface area contributed by atoms with E-state index < -0.39 is 108 Å². The van der Waals surface area contributed by atoms with Crippen molar-refractivity contribution in [2.24, 2.45) is 22.9 Å². The Kier molecular flexibility index (Phi) is 18.8. The summed E-state index contributed by atoms with van der Waals surface area (Å²) < 4.78 is 53.3. The van der Waals surface area contributed by atoms with E-state index in [9.17, 15) is 34.7 Å². The summed E-state index contributed by atoms with van der Waals surface area (Å²) in [4.78, 5) is 27.8. The van der Waals surface area contributed by atoms with Gasteiger partial charge in [-0.15, -0.1) is 5.10 Å². The first kappa shape index (κ1) is 57.0. The van der Waals surface area contributed by atoms with Crippen molar-refractivity contribution < 1.29 is 68.0 Å². The van der Waals surface area contributed by atoms with Crippen LogP contribution in [-0.2, 0) is 51.0 Å². The molecule has 2 aromatic heterocycles. The number of carbonyl (C=O) groups excluding carboxylic acids is 1. The van der Waals surface area contributed by atoms with Crippen LogP contribution in [0.2, 0.25) is 0 Å². The maximum Gasteiger partial charge on any atom is 0.311 e. The predicted octanol–water partition coefficient (Wildman–Crippen LogP) is 2.83. The van der Waals surface area contributed by atoms with Gasteiger partial charge in [0.05, 0.1) is 59.5 Å². The number of halogens is 1. The van der Waals surface area contributed by atoms with Crippen molar-refractivity contribution in [3.63, 3.8) is 0 Å². The average molecular weight is 1010 g/mol. The molecule has 0 bridgehead atoms. The highest BCUT2D eigenvalue weighted by molar-refractivity contribution is 6.00. The van der Waals surface area contributed by atoms with Crippen LogP contribution in [0.1, 0.15) is 113 Å². The normalized spacial score (nSPS) is 41.5. The molecule has 402 valence electrons. The van der Waals surface area contributed by atoms with Gasteiger partial charge < -0.3 is 68.6 Å². The Balaban J connectivity index is 1.23. The van der Waals surface area contributed by atoms with Gasteiger partial charge in [-0.3, -0.25) is 4.79 Å². The van der Waals surface area contributed by atoms with Crippen molar-refractivity contribution in [2.45, 2.75) is 211 Å². The number of methoxy groups -OCH3 is 1. The van der Waals surface area contributed by atoms with Gasteiger partial charge in [0, 0.05) is 75.4 Å². The summed E-state index contributed by atoms with van der Waals surface area (Å²) in [7, 11) is 5.24. The first-order chi connectivity index (χ1) is 33.3.